The second-order valence-electron chi connectivity index (χ2n) is 3.47. The zero-order chi connectivity index (χ0) is 11.6. The summed E-state index contributed by atoms with van der Waals surface area (Å²) in [5.41, 5.74) is 0.675. The van der Waals surface area contributed by atoms with Crippen LogP contribution in [-0.2, 0) is 4.84 Å². The maximum atomic E-state index is 13.5. The van der Waals surface area contributed by atoms with Gasteiger partial charge in [-0.05, 0) is 13.0 Å². The maximum absolute atomic E-state index is 13.5. The van der Waals surface area contributed by atoms with Crippen LogP contribution in [0.4, 0.5) is 14.5 Å². The van der Waals surface area contributed by atoms with Crippen LogP contribution in [0.2, 0.25) is 0 Å². The quantitative estimate of drug-likeness (QED) is 0.785. The number of nitrogens with two attached hydrogens (primary N) is 1. The van der Waals surface area contributed by atoms with Crippen LogP contribution in [0.15, 0.2) is 12.1 Å². The van der Waals surface area contributed by atoms with Crippen LogP contribution in [0.25, 0.3) is 0 Å². The third kappa shape index (κ3) is 2.24. The van der Waals surface area contributed by atoms with E-state index in [1.807, 2.05) is 0 Å². The molecule has 84 valence electrons. The minimum atomic E-state index is -0.888. The number of hydrogen-bond donors (Lipinski definition) is 1. The average molecular weight is 216 g/mol. The fourth-order valence-electron chi connectivity index (χ4n) is 1.41. The van der Waals surface area contributed by atoms with E-state index in [4.69, 9.17) is 5.90 Å². The number of halogens is 2. The number of rotatable bonds is 3. The lowest BCUT2D eigenvalue weighted by atomic mass is 10.1. The van der Waals surface area contributed by atoms with E-state index < -0.39 is 17.7 Å². The van der Waals surface area contributed by atoms with E-state index in [1.54, 1.807) is 21.0 Å². The monoisotopic (exact) mass is 216 g/mol. The normalized spacial score (nSPS) is 12.7. The summed E-state index contributed by atoms with van der Waals surface area (Å²) in [5, 5.41) is 0. The van der Waals surface area contributed by atoms with E-state index in [0.717, 1.165) is 6.07 Å². The Morgan fingerprint density at radius 3 is 2.40 bits per heavy atom. The van der Waals surface area contributed by atoms with Crippen LogP contribution >= 0.6 is 0 Å². The highest BCUT2D eigenvalue weighted by Crippen LogP contribution is 2.30. The van der Waals surface area contributed by atoms with Gasteiger partial charge in [0.15, 0.2) is 11.6 Å². The summed E-state index contributed by atoms with van der Waals surface area (Å²) in [6.45, 7) is 1.67. The van der Waals surface area contributed by atoms with Crippen LogP contribution in [0.3, 0.4) is 0 Å². The zero-order valence-electron chi connectivity index (χ0n) is 8.92. The summed E-state index contributed by atoms with van der Waals surface area (Å²) in [5.74, 6) is 3.26. The number of anilines is 1. The van der Waals surface area contributed by atoms with E-state index in [0.29, 0.717) is 5.56 Å². The topological polar surface area (TPSA) is 38.5 Å². The first kappa shape index (κ1) is 11.9. The summed E-state index contributed by atoms with van der Waals surface area (Å²) in [6.07, 6.45) is -0.488. The first-order chi connectivity index (χ1) is 6.99. The molecule has 0 heterocycles. The molecule has 0 spiro atoms. The third-order valence-electron chi connectivity index (χ3n) is 2.19. The average Bonchev–Trinajstić information content (AvgIpc) is 2.20. The summed E-state index contributed by atoms with van der Waals surface area (Å²) in [6, 6.07) is 2.53. The largest absolute Gasteiger partial charge is 0.375 e. The van der Waals surface area contributed by atoms with Crippen molar-refractivity contribution in [3.63, 3.8) is 0 Å². The maximum Gasteiger partial charge on any atom is 0.182 e. The second kappa shape index (κ2) is 4.55. The Balaban J connectivity index is 3.33. The van der Waals surface area contributed by atoms with Crippen molar-refractivity contribution in [2.75, 3.05) is 19.0 Å². The van der Waals surface area contributed by atoms with Gasteiger partial charge in [-0.2, -0.15) is 0 Å². The van der Waals surface area contributed by atoms with Crippen LogP contribution in [0.5, 0.6) is 0 Å². The molecule has 0 aromatic heterocycles. The molecule has 0 radical (unpaired) electrons. The summed E-state index contributed by atoms with van der Waals surface area (Å²) < 4.78 is 26.5. The lowest BCUT2D eigenvalue weighted by Gasteiger charge is -2.21. The van der Waals surface area contributed by atoms with E-state index >= 15 is 0 Å². The fraction of sp³-hybridized carbons (Fsp3) is 0.400. The zero-order valence-corrected chi connectivity index (χ0v) is 8.92. The van der Waals surface area contributed by atoms with Gasteiger partial charge in [0.2, 0.25) is 0 Å². The van der Waals surface area contributed by atoms with Crippen molar-refractivity contribution in [2.24, 2.45) is 5.90 Å². The molecule has 1 aromatic carbocycles. The molecule has 0 aliphatic heterocycles. The molecule has 3 nitrogen and oxygen atoms in total. The van der Waals surface area contributed by atoms with Crippen molar-refractivity contribution in [2.45, 2.75) is 13.0 Å². The lowest BCUT2D eigenvalue weighted by Crippen LogP contribution is -2.17. The molecule has 0 fully saturated rings. The van der Waals surface area contributed by atoms with Crippen molar-refractivity contribution in [1.29, 1.82) is 0 Å². The predicted molar refractivity (Wildman–Crippen MR) is 54.4 cm³/mol. The Bertz CT molecular complexity index is 356. The van der Waals surface area contributed by atoms with Crippen molar-refractivity contribution in [1.82, 2.24) is 0 Å². The van der Waals surface area contributed by atoms with Crippen LogP contribution in [-0.4, -0.2) is 14.1 Å². The van der Waals surface area contributed by atoms with Gasteiger partial charge >= 0.3 is 0 Å². The van der Waals surface area contributed by atoms with Gasteiger partial charge < -0.3 is 4.90 Å². The first-order valence-corrected chi connectivity index (χ1v) is 4.49. The van der Waals surface area contributed by atoms with Crippen LogP contribution in [0.1, 0.15) is 18.6 Å². The van der Waals surface area contributed by atoms with Gasteiger partial charge in [0, 0.05) is 19.7 Å². The molecule has 0 aliphatic carbocycles. The highest BCUT2D eigenvalue weighted by Gasteiger charge is 2.19. The molecule has 0 aliphatic rings. The molecule has 0 amide bonds. The van der Waals surface area contributed by atoms with Crippen LogP contribution < -0.4 is 10.8 Å². The predicted octanol–water partition coefficient (Wildman–Crippen LogP) is 1.98. The Morgan fingerprint density at radius 1 is 1.33 bits per heavy atom. The van der Waals surface area contributed by atoms with Gasteiger partial charge in [-0.15, -0.1) is 0 Å². The Labute approximate surface area is 87.4 Å². The first-order valence-electron chi connectivity index (χ1n) is 4.49. The molecular weight excluding hydrogens is 202 g/mol. The third-order valence-corrected chi connectivity index (χ3v) is 2.19. The van der Waals surface area contributed by atoms with Crippen molar-refractivity contribution in [3.8, 4) is 0 Å². The van der Waals surface area contributed by atoms with E-state index in [-0.39, 0.29) is 5.69 Å². The molecular formula is C10H14F2N2O. The van der Waals surface area contributed by atoms with Crippen molar-refractivity contribution in [3.05, 3.63) is 29.3 Å². The molecule has 0 saturated carbocycles. The SMILES string of the molecule is CC(ON)c1ccc(F)c(F)c1N(C)C. The minimum absolute atomic E-state index is 0.160. The lowest BCUT2D eigenvalue weighted by molar-refractivity contribution is 0.0665. The fourth-order valence-corrected chi connectivity index (χ4v) is 1.41. The smallest absolute Gasteiger partial charge is 0.182 e. The molecule has 5 heteroatoms. The summed E-state index contributed by atoms with van der Waals surface area (Å²) in [7, 11) is 3.26. The molecule has 0 saturated heterocycles. The summed E-state index contributed by atoms with van der Waals surface area (Å²) in [4.78, 5) is 6.10. The van der Waals surface area contributed by atoms with Gasteiger partial charge in [0.25, 0.3) is 0 Å². The van der Waals surface area contributed by atoms with E-state index in [1.165, 1.54) is 11.0 Å². The number of hydrogen-bond acceptors (Lipinski definition) is 3. The van der Waals surface area contributed by atoms with Gasteiger partial charge in [-0.25, -0.2) is 14.7 Å². The van der Waals surface area contributed by atoms with Gasteiger partial charge in [-0.1, -0.05) is 6.07 Å². The van der Waals surface area contributed by atoms with Crippen molar-refractivity contribution >= 4 is 5.69 Å². The van der Waals surface area contributed by atoms with Crippen molar-refractivity contribution < 1.29 is 13.6 Å². The molecule has 1 unspecified atom stereocenters. The van der Waals surface area contributed by atoms with Gasteiger partial charge in [-0.3, -0.25) is 4.84 Å². The minimum Gasteiger partial charge on any atom is -0.375 e. The molecule has 1 rings (SSSR count). The molecule has 2 N–H and O–H groups in total. The number of benzene rings is 1. The summed E-state index contributed by atoms with van der Waals surface area (Å²) >= 11 is 0. The second-order valence-corrected chi connectivity index (χ2v) is 3.47. The Morgan fingerprint density at radius 2 is 1.93 bits per heavy atom. The molecule has 1 aromatic rings. The number of nitrogens with zero attached hydrogens (tertiary/aromatic N) is 1. The molecule has 1 atom stereocenters. The Hall–Kier alpha value is -1.20. The Kier molecular flexibility index (Phi) is 3.60. The molecule has 0 bridgehead atoms. The highest BCUT2D eigenvalue weighted by molar-refractivity contribution is 5.55. The van der Waals surface area contributed by atoms with E-state index in [9.17, 15) is 8.78 Å². The standard InChI is InChI=1S/C10H14F2N2O/c1-6(15-13)7-4-5-8(11)9(12)10(7)14(2)3/h4-6H,13H2,1-3H3. The van der Waals surface area contributed by atoms with Gasteiger partial charge in [0.1, 0.15) is 6.10 Å². The highest BCUT2D eigenvalue weighted by atomic mass is 19.2. The van der Waals surface area contributed by atoms with E-state index in [2.05, 4.69) is 4.84 Å². The van der Waals surface area contributed by atoms with Gasteiger partial charge in [0.05, 0.1) is 5.69 Å². The molecule has 15 heavy (non-hydrogen) atoms. The van der Waals surface area contributed by atoms with Crippen LogP contribution in [0, 0.1) is 11.6 Å².